The minimum atomic E-state index is 0. The molecule has 7 heteroatoms. The molecule has 0 aromatic heterocycles. The van der Waals surface area contributed by atoms with Gasteiger partial charge in [-0.2, -0.15) is 0 Å². The van der Waals surface area contributed by atoms with E-state index in [9.17, 15) is 0 Å². The summed E-state index contributed by atoms with van der Waals surface area (Å²) in [7, 11) is 0. The van der Waals surface area contributed by atoms with Crippen molar-refractivity contribution in [2.75, 3.05) is 5.32 Å². The van der Waals surface area contributed by atoms with Gasteiger partial charge >= 0.3 is 19.5 Å². The van der Waals surface area contributed by atoms with Crippen LogP contribution >= 0.6 is 0 Å². The van der Waals surface area contributed by atoms with E-state index >= 15 is 0 Å². The van der Waals surface area contributed by atoms with Gasteiger partial charge in [0, 0.05) is 5.96 Å². The molecule has 4 aromatic rings. The number of guanidine groups is 1. The van der Waals surface area contributed by atoms with Crippen molar-refractivity contribution in [3.05, 3.63) is 146 Å². The van der Waals surface area contributed by atoms with E-state index in [-0.39, 0.29) is 19.5 Å². The van der Waals surface area contributed by atoms with E-state index in [1.54, 1.807) is 0 Å². The molecule has 0 radical (unpaired) electrons. The molecule has 0 saturated heterocycles. The fourth-order valence-electron chi connectivity index (χ4n) is 3.28. The first kappa shape index (κ1) is 33.1. The Labute approximate surface area is 245 Å². The molecular weight excluding hydrogens is 569 g/mol. The maximum Gasteiger partial charge on any atom is 2.00 e. The zero-order chi connectivity index (χ0) is 27.9. The monoisotopic (exact) mass is 606 g/mol. The van der Waals surface area contributed by atoms with Crippen molar-refractivity contribution in [3.63, 3.8) is 0 Å². The molecule has 0 unspecified atom stereocenters. The molecule has 0 amide bonds. The molecule has 0 aliphatic heterocycles. The second-order valence-corrected chi connectivity index (χ2v) is 9.36. The van der Waals surface area contributed by atoms with Gasteiger partial charge in [0.05, 0.1) is 0 Å². The van der Waals surface area contributed by atoms with E-state index < -0.39 is 0 Å². The minimum absolute atomic E-state index is 0. The molecule has 0 heterocycles. The van der Waals surface area contributed by atoms with Crippen molar-refractivity contribution in [1.82, 2.24) is 0 Å². The smallest absolute Gasteiger partial charge is 0.412 e. The number of aliphatic imine (C=N–C) groups is 1. The molecule has 6 nitrogen and oxygen atoms in total. The van der Waals surface area contributed by atoms with Crippen molar-refractivity contribution in [2.24, 2.45) is 4.99 Å². The van der Waals surface area contributed by atoms with Gasteiger partial charge in [-0.05, 0) is 56.2 Å². The number of hydrogen-bond acceptors (Lipinski definition) is 1. The summed E-state index contributed by atoms with van der Waals surface area (Å²) in [5, 5.41) is 7.99. The quantitative estimate of drug-likeness (QED) is 0.0614. The average molecular weight is 606 g/mol. The van der Waals surface area contributed by atoms with Crippen LogP contribution in [0.5, 0.6) is 0 Å². The Kier molecular flexibility index (Phi) is 14.9. The number of anilines is 1. The fourth-order valence-corrected chi connectivity index (χ4v) is 3.28. The van der Waals surface area contributed by atoms with Crippen LogP contribution in [0.2, 0.25) is 0 Å². The maximum atomic E-state index is 6.75. The predicted octanol–water partition coefficient (Wildman–Crippen LogP) is 10.4. The van der Waals surface area contributed by atoms with Gasteiger partial charge in [0.15, 0.2) is 0 Å². The number of hydrogen-bond donors (Lipinski definition) is 1. The van der Waals surface area contributed by atoms with E-state index in [0.717, 1.165) is 17.1 Å². The van der Waals surface area contributed by atoms with Crippen LogP contribution < -0.4 is 5.32 Å². The molecule has 0 fully saturated rings. The molecule has 0 spiro atoms. The molecule has 39 heavy (non-hydrogen) atoms. The summed E-state index contributed by atoms with van der Waals surface area (Å²) < 4.78 is 0. The summed E-state index contributed by atoms with van der Waals surface area (Å²) in [6, 6.07) is 33.1. The van der Waals surface area contributed by atoms with Gasteiger partial charge in [0.25, 0.3) is 0 Å². The molecule has 1 N–H and O–H groups in total. The number of nitrogens with zero attached hydrogens (tertiary/aromatic N) is 5. The van der Waals surface area contributed by atoms with Crippen molar-refractivity contribution in [2.45, 2.75) is 47.5 Å². The molecule has 202 valence electrons. The minimum Gasteiger partial charge on any atom is -0.412 e. The molecule has 0 aliphatic rings. The van der Waals surface area contributed by atoms with Crippen LogP contribution in [-0.4, -0.2) is 5.96 Å². The number of aryl methyl sites for hydroxylation is 4. The Morgan fingerprint density at radius 3 is 1.49 bits per heavy atom. The summed E-state index contributed by atoms with van der Waals surface area (Å²) >= 11 is 0. The third kappa shape index (κ3) is 12.9. The van der Waals surface area contributed by atoms with Crippen LogP contribution in [0.3, 0.4) is 0 Å². The Hall–Kier alpha value is -3.92. The van der Waals surface area contributed by atoms with E-state index in [0.29, 0.717) is 11.9 Å². The Morgan fingerprint density at radius 1 is 0.667 bits per heavy atom. The largest absolute Gasteiger partial charge is 2.00 e. The number of rotatable bonds is 4. The van der Waals surface area contributed by atoms with Crippen LogP contribution in [0.15, 0.2) is 102 Å². The van der Waals surface area contributed by atoms with Gasteiger partial charge in [-0.25, -0.2) is 0 Å². The predicted molar refractivity (Wildman–Crippen MR) is 163 cm³/mol. The third-order valence-corrected chi connectivity index (χ3v) is 5.59. The second kappa shape index (κ2) is 17.6. The molecule has 4 rings (SSSR count). The molecule has 0 saturated carbocycles. The molecule has 4 aromatic carbocycles. The van der Waals surface area contributed by atoms with Gasteiger partial charge in [-0.15, -0.1) is 0 Å². The SMILES string of the molecule is Cc1ccc(C(C)C)cc1.Cc1ccc(N=C([N-]c2ccc(C)cc2)Nc2ccc(C)cc2)cc1.[N-]=[N+]=[N-].[Ru+2]. The topological polar surface area (TPSA) is 97.2 Å². The average Bonchev–Trinajstić information content (AvgIpc) is 2.89. The molecular formula is C32H36N6Ru. The van der Waals surface area contributed by atoms with E-state index in [1.165, 1.54) is 32.7 Å². The standard InChI is InChI=1S/C22H22N3.C10H14.N3.Ru/c1-16-4-10-19(11-5-16)23-22(24-20-12-6-17(2)7-13-20)25-21-14-8-18(3)9-15-21;1-8(2)10-6-4-9(3)5-7-10;1-3-2;/h4-15H,1-3H3,(H-,23,24,25);4-8H,1-3H3;;/q-1;;-1;+2. The summed E-state index contributed by atoms with van der Waals surface area (Å²) in [5.74, 6) is 1.22. The zero-order valence-corrected chi connectivity index (χ0v) is 25.1. The van der Waals surface area contributed by atoms with E-state index in [4.69, 9.17) is 11.1 Å². The molecule has 0 aliphatic carbocycles. The fraction of sp³-hybridized carbons (Fsp3) is 0.219. The first-order chi connectivity index (χ1) is 18.2. The van der Waals surface area contributed by atoms with Crippen molar-refractivity contribution < 1.29 is 19.5 Å². The van der Waals surface area contributed by atoms with Crippen LogP contribution in [0.25, 0.3) is 21.3 Å². The number of benzene rings is 4. The van der Waals surface area contributed by atoms with Gasteiger partial charge < -0.3 is 26.7 Å². The van der Waals surface area contributed by atoms with Crippen LogP contribution in [0, 0.1) is 27.7 Å². The van der Waals surface area contributed by atoms with Crippen LogP contribution in [0.4, 0.5) is 17.1 Å². The zero-order valence-electron chi connectivity index (χ0n) is 23.4. The first-order valence-corrected chi connectivity index (χ1v) is 12.5. The number of nitrogens with one attached hydrogen (secondary N) is 1. The van der Waals surface area contributed by atoms with Gasteiger partial charge in [-0.1, -0.05) is 133 Å². The molecule has 0 atom stereocenters. The Balaban J connectivity index is 0.000000454. The summed E-state index contributed by atoms with van der Waals surface area (Å²) in [4.78, 5) is 6.17. The Morgan fingerprint density at radius 2 is 1.05 bits per heavy atom. The first-order valence-electron chi connectivity index (χ1n) is 12.5. The van der Waals surface area contributed by atoms with Gasteiger partial charge in [0.1, 0.15) is 0 Å². The van der Waals surface area contributed by atoms with Crippen molar-refractivity contribution in [1.29, 1.82) is 0 Å². The van der Waals surface area contributed by atoms with Crippen LogP contribution in [-0.2, 0) is 19.5 Å². The summed E-state index contributed by atoms with van der Waals surface area (Å²) in [6.07, 6.45) is 0. The van der Waals surface area contributed by atoms with E-state index in [2.05, 4.69) is 93.6 Å². The van der Waals surface area contributed by atoms with Gasteiger partial charge in [0.2, 0.25) is 0 Å². The second-order valence-electron chi connectivity index (χ2n) is 9.36. The third-order valence-electron chi connectivity index (χ3n) is 5.59. The maximum absolute atomic E-state index is 6.75. The van der Waals surface area contributed by atoms with Crippen molar-refractivity contribution >= 4 is 23.0 Å². The summed E-state index contributed by atoms with van der Waals surface area (Å²) in [5.41, 5.74) is 22.6. The van der Waals surface area contributed by atoms with Gasteiger partial charge in [-0.3, -0.25) is 4.91 Å². The van der Waals surface area contributed by atoms with E-state index in [1.807, 2.05) is 60.7 Å². The normalized spacial score (nSPS) is 10.1. The summed E-state index contributed by atoms with van der Waals surface area (Å²) in [6.45, 7) is 12.7. The van der Waals surface area contributed by atoms with Crippen molar-refractivity contribution in [3.8, 4) is 0 Å². The molecule has 0 bridgehead atoms. The van der Waals surface area contributed by atoms with Crippen LogP contribution in [0.1, 0.15) is 47.6 Å². The Bertz CT molecular complexity index is 1260.